The first-order valence-corrected chi connectivity index (χ1v) is 7.54. The summed E-state index contributed by atoms with van der Waals surface area (Å²) in [5.74, 6) is -0.0667. The summed E-state index contributed by atoms with van der Waals surface area (Å²) in [5.41, 5.74) is 1.56. The van der Waals surface area contributed by atoms with Gasteiger partial charge in [-0.1, -0.05) is 35.5 Å². The van der Waals surface area contributed by atoms with Gasteiger partial charge in [0.2, 0.25) is 5.91 Å². The molecule has 0 aliphatic rings. The third kappa shape index (κ3) is 3.65. The van der Waals surface area contributed by atoms with E-state index in [9.17, 15) is 9.18 Å². The maximum Gasteiger partial charge on any atom is 0.257 e. The monoisotopic (exact) mass is 325 g/mol. The number of amides is 1. The summed E-state index contributed by atoms with van der Waals surface area (Å²) in [5, 5.41) is 6.61. The molecule has 2 aromatic carbocycles. The van der Waals surface area contributed by atoms with Crippen LogP contribution in [0.2, 0.25) is 0 Å². The summed E-state index contributed by atoms with van der Waals surface area (Å²) in [7, 11) is 0. The Labute approximate surface area is 138 Å². The zero-order valence-corrected chi connectivity index (χ0v) is 13.1. The molecule has 1 heterocycles. The van der Waals surface area contributed by atoms with E-state index < -0.39 is 0 Å². The van der Waals surface area contributed by atoms with E-state index in [1.807, 2.05) is 37.3 Å². The molecule has 6 heteroatoms. The van der Waals surface area contributed by atoms with Gasteiger partial charge in [0.1, 0.15) is 5.82 Å². The van der Waals surface area contributed by atoms with Crippen molar-refractivity contribution in [2.75, 3.05) is 0 Å². The average Bonchev–Trinajstić information content (AvgIpc) is 3.09. The van der Waals surface area contributed by atoms with Crippen molar-refractivity contribution in [3.05, 3.63) is 71.8 Å². The largest absolute Gasteiger partial charge is 0.348 e. The fourth-order valence-corrected chi connectivity index (χ4v) is 2.25. The van der Waals surface area contributed by atoms with E-state index in [1.54, 1.807) is 12.1 Å². The number of carbonyl (C=O) groups excluding carboxylic acids is 1. The number of halogens is 1. The molecule has 24 heavy (non-hydrogen) atoms. The molecule has 0 unspecified atom stereocenters. The molecule has 0 fully saturated rings. The summed E-state index contributed by atoms with van der Waals surface area (Å²) in [4.78, 5) is 16.4. The Morgan fingerprint density at radius 2 is 1.88 bits per heavy atom. The molecule has 3 aromatic rings. The molecule has 1 atom stereocenters. The van der Waals surface area contributed by atoms with Crippen LogP contribution in [0, 0.1) is 5.82 Å². The molecule has 122 valence electrons. The van der Waals surface area contributed by atoms with E-state index in [0.29, 0.717) is 11.4 Å². The van der Waals surface area contributed by atoms with E-state index in [2.05, 4.69) is 15.5 Å². The number of hydrogen-bond acceptors (Lipinski definition) is 4. The Morgan fingerprint density at radius 1 is 1.17 bits per heavy atom. The van der Waals surface area contributed by atoms with Crippen molar-refractivity contribution < 1.29 is 13.7 Å². The Hall–Kier alpha value is -3.02. The quantitative estimate of drug-likeness (QED) is 0.781. The molecule has 1 aromatic heterocycles. The average molecular weight is 325 g/mol. The molecule has 0 saturated heterocycles. The van der Waals surface area contributed by atoms with Gasteiger partial charge in [-0.05, 0) is 36.8 Å². The van der Waals surface area contributed by atoms with E-state index in [0.717, 1.165) is 5.56 Å². The summed E-state index contributed by atoms with van der Waals surface area (Å²) < 4.78 is 18.1. The molecule has 0 aliphatic heterocycles. The Kier molecular flexibility index (Phi) is 4.65. The summed E-state index contributed by atoms with van der Waals surface area (Å²) in [6.45, 7) is 2.01. The predicted molar refractivity (Wildman–Crippen MR) is 86.4 cm³/mol. The third-order valence-corrected chi connectivity index (χ3v) is 3.67. The van der Waals surface area contributed by atoms with Gasteiger partial charge < -0.3 is 9.84 Å². The Bertz CT molecular complexity index is 816. The van der Waals surface area contributed by atoms with Crippen molar-refractivity contribution in [1.29, 1.82) is 0 Å². The Morgan fingerprint density at radius 3 is 2.58 bits per heavy atom. The fraction of sp³-hybridized carbons (Fsp3) is 0.167. The number of nitrogens with zero attached hydrogens (tertiary/aromatic N) is 2. The van der Waals surface area contributed by atoms with Gasteiger partial charge in [-0.3, -0.25) is 4.79 Å². The van der Waals surface area contributed by atoms with Gasteiger partial charge in [0.25, 0.3) is 5.89 Å². The maximum atomic E-state index is 12.9. The number of carbonyl (C=O) groups is 1. The highest BCUT2D eigenvalue weighted by atomic mass is 19.1. The van der Waals surface area contributed by atoms with Crippen LogP contribution < -0.4 is 5.32 Å². The molecule has 5 nitrogen and oxygen atoms in total. The topological polar surface area (TPSA) is 68.0 Å². The van der Waals surface area contributed by atoms with Crippen LogP contribution in [0.5, 0.6) is 0 Å². The van der Waals surface area contributed by atoms with Crippen LogP contribution in [0.1, 0.15) is 24.2 Å². The first-order chi connectivity index (χ1) is 11.6. The van der Waals surface area contributed by atoms with Crippen LogP contribution in [-0.2, 0) is 11.3 Å². The minimum absolute atomic E-state index is 0.116. The second kappa shape index (κ2) is 7.04. The second-order valence-corrected chi connectivity index (χ2v) is 5.37. The van der Waals surface area contributed by atoms with Crippen molar-refractivity contribution in [1.82, 2.24) is 15.5 Å². The van der Waals surface area contributed by atoms with Gasteiger partial charge in [-0.15, -0.1) is 0 Å². The van der Waals surface area contributed by atoms with Crippen LogP contribution in [0.25, 0.3) is 11.5 Å². The number of hydrogen-bond donors (Lipinski definition) is 1. The number of aromatic nitrogens is 2. The summed E-state index contributed by atoms with van der Waals surface area (Å²) in [6, 6.07) is 15.3. The summed E-state index contributed by atoms with van der Waals surface area (Å²) in [6.07, 6.45) is 0. The molecule has 0 aliphatic carbocycles. The minimum Gasteiger partial charge on any atom is -0.348 e. The lowest BCUT2D eigenvalue weighted by atomic mass is 10.0. The minimum atomic E-state index is -0.333. The predicted octanol–water partition coefficient (Wildman–Crippen LogP) is 3.30. The van der Waals surface area contributed by atoms with Crippen molar-refractivity contribution in [3.8, 4) is 11.5 Å². The molecular weight excluding hydrogens is 309 g/mol. The lowest BCUT2D eigenvalue weighted by molar-refractivity contribution is -0.122. The zero-order valence-electron chi connectivity index (χ0n) is 13.1. The van der Waals surface area contributed by atoms with Gasteiger partial charge in [-0.2, -0.15) is 4.98 Å². The third-order valence-electron chi connectivity index (χ3n) is 3.67. The molecule has 3 rings (SSSR count). The van der Waals surface area contributed by atoms with Crippen LogP contribution in [0.15, 0.2) is 59.1 Å². The first kappa shape index (κ1) is 15.9. The maximum absolute atomic E-state index is 12.9. The lowest BCUT2D eigenvalue weighted by Crippen LogP contribution is -2.27. The highest BCUT2D eigenvalue weighted by Crippen LogP contribution is 2.18. The van der Waals surface area contributed by atoms with Gasteiger partial charge in [-0.25, -0.2) is 4.39 Å². The standard InChI is InChI=1S/C18H16FN3O2/c1-12(13-5-3-2-4-6-13)17(23)20-11-16-21-18(24-22-16)14-7-9-15(19)10-8-14/h2-10,12H,11H2,1H3,(H,20,23)/t12-/m1/s1. The van der Waals surface area contributed by atoms with Gasteiger partial charge >= 0.3 is 0 Å². The van der Waals surface area contributed by atoms with Crippen LogP contribution in [0.3, 0.4) is 0 Å². The molecule has 0 saturated carbocycles. The number of benzene rings is 2. The Balaban J connectivity index is 1.61. The van der Waals surface area contributed by atoms with E-state index in [4.69, 9.17) is 4.52 Å². The number of rotatable bonds is 5. The van der Waals surface area contributed by atoms with Crippen molar-refractivity contribution in [2.24, 2.45) is 0 Å². The molecule has 1 amide bonds. The van der Waals surface area contributed by atoms with E-state index >= 15 is 0 Å². The highest BCUT2D eigenvalue weighted by Gasteiger charge is 2.16. The van der Waals surface area contributed by atoms with Crippen LogP contribution in [-0.4, -0.2) is 16.0 Å². The van der Waals surface area contributed by atoms with Gasteiger partial charge in [0, 0.05) is 5.56 Å². The van der Waals surface area contributed by atoms with Crippen LogP contribution in [0.4, 0.5) is 4.39 Å². The lowest BCUT2D eigenvalue weighted by Gasteiger charge is -2.11. The molecule has 0 spiro atoms. The van der Waals surface area contributed by atoms with E-state index in [1.165, 1.54) is 12.1 Å². The normalized spacial score (nSPS) is 11.9. The van der Waals surface area contributed by atoms with Gasteiger partial charge in [0.15, 0.2) is 5.82 Å². The van der Waals surface area contributed by atoms with Crippen LogP contribution >= 0.6 is 0 Å². The second-order valence-electron chi connectivity index (χ2n) is 5.37. The number of nitrogens with one attached hydrogen (secondary N) is 1. The first-order valence-electron chi connectivity index (χ1n) is 7.54. The molecule has 0 bridgehead atoms. The molecular formula is C18H16FN3O2. The highest BCUT2D eigenvalue weighted by molar-refractivity contribution is 5.83. The van der Waals surface area contributed by atoms with E-state index in [-0.39, 0.29) is 30.1 Å². The molecule has 1 N–H and O–H groups in total. The van der Waals surface area contributed by atoms with Crippen molar-refractivity contribution in [3.63, 3.8) is 0 Å². The molecule has 0 radical (unpaired) electrons. The fourth-order valence-electron chi connectivity index (χ4n) is 2.25. The summed E-state index contributed by atoms with van der Waals surface area (Å²) >= 11 is 0. The van der Waals surface area contributed by atoms with Crippen molar-refractivity contribution >= 4 is 5.91 Å². The van der Waals surface area contributed by atoms with Gasteiger partial charge in [0.05, 0.1) is 12.5 Å². The smallest absolute Gasteiger partial charge is 0.257 e. The van der Waals surface area contributed by atoms with Crippen molar-refractivity contribution in [2.45, 2.75) is 19.4 Å². The SMILES string of the molecule is C[C@@H](C(=O)NCc1noc(-c2ccc(F)cc2)n1)c1ccccc1. The zero-order chi connectivity index (χ0) is 16.9.